The van der Waals surface area contributed by atoms with E-state index in [2.05, 4.69) is 65.0 Å². The molecule has 0 radical (unpaired) electrons. The number of hydrogen-bond acceptors (Lipinski definition) is 2. The lowest BCUT2D eigenvalue weighted by molar-refractivity contribution is 0.667. The standard InChI is InChI=1S/C28H27N3/c1-2-3-4-5-11-21-16-17-26-24(20-21)22-12-10-13-23(25-14-6-8-18-29-25)28(22)31(26)27-15-7-9-19-30-27/h6-10,12-20H,2-5,11H2,1H3. The van der Waals surface area contributed by atoms with Gasteiger partial charge in [-0.25, -0.2) is 4.98 Å². The van der Waals surface area contributed by atoms with Crippen molar-refractivity contribution in [3.63, 3.8) is 0 Å². The molecule has 0 aliphatic rings. The highest BCUT2D eigenvalue weighted by molar-refractivity contribution is 6.13. The van der Waals surface area contributed by atoms with Crippen LogP contribution in [0.25, 0.3) is 38.9 Å². The number of fused-ring (bicyclic) bond motifs is 3. The smallest absolute Gasteiger partial charge is 0.137 e. The number of rotatable bonds is 7. The van der Waals surface area contributed by atoms with E-state index in [9.17, 15) is 0 Å². The largest absolute Gasteiger partial charge is 0.293 e. The molecule has 5 aromatic rings. The molecule has 0 saturated heterocycles. The molecule has 3 heterocycles. The van der Waals surface area contributed by atoms with Gasteiger partial charge >= 0.3 is 0 Å². The average molecular weight is 406 g/mol. The van der Waals surface area contributed by atoms with Crippen molar-refractivity contribution in [2.45, 2.75) is 39.0 Å². The molecule has 2 aromatic carbocycles. The minimum atomic E-state index is 0.932. The molecule has 0 amide bonds. The summed E-state index contributed by atoms with van der Waals surface area (Å²) in [7, 11) is 0. The van der Waals surface area contributed by atoms with E-state index in [4.69, 9.17) is 4.98 Å². The van der Waals surface area contributed by atoms with Crippen molar-refractivity contribution in [1.29, 1.82) is 0 Å². The fourth-order valence-electron chi connectivity index (χ4n) is 4.48. The number of unbranched alkanes of at least 4 members (excludes halogenated alkanes) is 3. The summed E-state index contributed by atoms with van der Waals surface area (Å²) >= 11 is 0. The number of nitrogens with zero attached hydrogens (tertiary/aromatic N) is 3. The highest BCUT2D eigenvalue weighted by Gasteiger charge is 2.17. The Bertz CT molecular complexity index is 1300. The number of benzene rings is 2. The van der Waals surface area contributed by atoms with E-state index in [1.807, 2.05) is 36.7 Å². The molecule has 0 unspecified atom stereocenters. The van der Waals surface area contributed by atoms with Crippen LogP contribution in [0.4, 0.5) is 0 Å². The van der Waals surface area contributed by atoms with Gasteiger partial charge in [-0.2, -0.15) is 0 Å². The molecule has 154 valence electrons. The number of para-hydroxylation sites is 1. The van der Waals surface area contributed by atoms with Gasteiger partial charge in [0.2, 0.25) is 0 Å². The lowest BCUT2D eigenvalue weighted by Crippen LogP contribution is -1.98. The van der Waals surface area contributed by atoms with Crippen LogP contribution >= 0.6 is 0 Å². The third-order valence-corrected chi connectivity index (χ3v) is 5.99. The molecule has 0 N–H and O–H groups in total. The summed E-state index contributed by atoms with van der Waals surface area (Å²) in [5.74, 6) is 0.932. The Morgan fingerprint density at radius 1 is 0.742 bits per heavy atom. The lowest BCUT2D eigenvalue weighted by Gasteiger charge is -2.10. The summed E-state index contributed by atoms with van der Waals surface area (Å²) in [5, 5.41) is 2.53. The van der Waals surface area contributed by atoms with E-state index < -0.39 is 0 Å². The van der Waals surface area contributed by atoms with E-state index in [0.29, 0.717) is 0 Å². The molecule has 3 nitrogen and oxygen atoms in total. The predicted octanol–water partition coefficient (Wildman–Crippen LogP) is 7.36. The van der Waals surface area contributed by atoms with Crippen molar-refractivity contribution in [1.82, 2.24) is 14.5 Å². The summed E-state index contributed by atoms with van der Waals surface area (Å²) in [6.07, 6.45) is 9.98. The van der Waals surface area contributed by atoms with Gasteiger partial charge in [0.1, 0.15) is 5.82 Å². The number of aryl methyl sites for hydroxylation is 1. The maximum atomic E-state index is 4.69. The first-order chi connectivity index (χ1) is 15.4. The minimum Gasteiger partial charge on any atom is -0.293 e. The quantitative estimate of drug-likeness (QED) is 0.265. The van der Waals surface area contributed by atoms with Crippen LogP contribution < -0.4 is 0 Å². The highest BCUT2D eigenvalue weighted by Crippen LogP contribution is 2.37. The van der Waals surface area contributed by atoms with Gasteiger partial charge in [-0.1, -0.05) is 62.6 Å². The molecule has 0 spiro atoms. The second-order valence-corrected chi connectivity index (χ2v) is 8.10. The fraction of sp³-hybridized carbons (Fsp3) is 0.214. The van der Waals surface area contributed by atoms with Crippen LogP contribution in [-0.4, -0.2) is 14.5 Å². The molecule has 3 heteroatoms. The van der Waals surface area contributed by atoms with Crippen LogP contribution in [0.2, 0.25) is 0 Å². The first-order valence-corrected chi connectivity index (χ1v) is 11.3. The number of aromatic nitrogens is 3. The molecule has 0 aliphatic carbocycles. The van der Waals surface area contributed by atoms with Gasteiger partial charge in [-0.15, -0.1) is 0 Å². The molecule has 0 atom stereocenters. The Labute approximate surface area is 183 Å². The Balaban J connectivity index is 1.74. The van der Waals surface area contributed by atoms with Crippen LogP contribution in [0.15, 0.2) is 85.2 Å². The van der Waals surface area contributed by atoms with Crippen molar-refractivity contribution in [3.05, 3.63) is 90.8 Å². The molecule has 0 saturated carbocycles. The minimum absolute atomic E-state index is 0.932. The number of pyridine rings is 2. The zero-order valence-corrected chi connectivity index (χ0v) is 18.0. The number of hydrogen-bond donors (Lipinski definition) is 0. The van der Waals surface area contributed by atoms with E-state index in [1.54, 1.807) is 0 Å². The first-order valence-electron chi connectivity index (χ1n) is 11.3. The summed E-state index contributed by atoms with van der Waals surface area (Å²) in [5.41, 5.74) is 5.87. The normalized spacial score (nSPS) is 11.4. The van der Waals surface area contributed by atoms with E-state index >= 15 is 0 Å². The van der Waals surface area contributed by atoms with E-state index in [-0.39, 0.29) is 0 Å². The van der Waals surface area contributed by atoms with Gasteiger partial charge in [0, 0.05) is 28.7 Å². The second kappa shape index (κ2) is 8.73. The molecule has 0 bridgehead atoms. The molecular weight excluding hydrogens is 378 g/mol. The van der Waals surface area contributed by atoms with E-state index in [0.717, 1.165) is 29.0 Å². The molecule has 5 rings (SSSR count). The Morgan fingerprint density at radius 3 is 2.39 bits per heavy atom. The van der Waals surface area contributed by atoms with Gasteiger partial charge in [0.05, 0.1) is 16.7 Å². The highest BCUT2D eigenvalue weighted by atomic mass is 15.1. The van der Waals surface area contributed by atoms with Crippen molar-refractivity contribution >= 4 is 21.8 Å². The average Bonchev–Trinajstić information content (AvgIpc) is 3.17. The van der Waals surface area contributed by atoms with Crippen molar-refractivity contribution < 1.29 is 0 Å². The van der Waals surface area contributed by atoms with Gasteiger partial charge in [0.15, 0.2) is 0 Å². The van der Waals surface area contributed by atoms with E-state index in [1.165, 1.54) is 47.5 Å². The Kier molecular flexibility index (Phi) is 5.49. The summed E-state index contributed by atoms with van der Waals surface area (Å²) in [6, 6.07) is 25.6. The van der Waals surface area contributed by atoms with Crippen molar-refractivity contribution in [3.8, 4) is 17.1 Å². The van der Waals surface area contributed by atoms with Crippen molar-refractivity contribution in [2.75, 3.05) is 0 Å². The summed E-state index contributed by atoms with van der Waals surface area (Å²) < 4.78 is 2.29. The molecule has 0 fully saturated rings. The predicted molar refractivity (Wildman–Crippen MR) is 130 cm³/mol. The second-order valence-electron chi connectivity index (χ2n) is 8.10. The van der Waals surface area contributed by atoms with Gasteiger partial charge < -0.3 is 0 Å². The third-order valence-electron chi connectivity index (χ3n) is 5.99. The third kappa shape index (κ3) is 3.72. The van der Waals surface area contributed by atoms with Crippen LogP contribution in [0.1, 0.15) is 38.2 Å². The van der Waals surface area contributed by atoms with Crippen LogP contribution in [0.5, 0.6) is 0 Å². The van der Waals surface area contributed by atoms with Crippen LogP contribution in [0.3, 0.4) is 0 Å². The first kappa shape index (κ1) is 19.5. The lowest BCUT2D eigenvalue weighted by atomic mass is 10.0. The van der Waals surface area contributed by atoms with Crippen LogP contribution in [0, 0.1) is 0 Å². The molecular formula is C28H27N3. The van der Waals surface area contributed by atoms with Crippen LogP contribution in [-0.2, 0) is 6.42 Å². The monoisotopic (exact) mass is 405 g/mol. The SMILES string of the molecule is CCCCCCc1ccc2c(c1)c1cccc(-c3ccccn3)c1n2-c1ccccn1. The Morgan fingerprint density at radius 2 is 1.61 bits per heavy atom. The molecule has 3 aromatic heterocycles. The molecule has 31 heavy (non-hydrogen) atoms. The Hall–Kier alpha value is -3.46. The maximum absolute atomic E-state index is 4.69. The molecule has 0 aliphatic heterocycles. The van der Waals surface area contributed by atoms with Crippen molar-refractivity contribution in [2.24, 2.45) is 0 Å². The summed E-state index contributed by atoms with van der Waals surface area (Å²) in [6.45, 7) is 2.26. The zero-order valence-electron chi connectivity index (χ0n) is 18.0. The fourth-order valence-corrected chi connectivity index (χ4v) is 4.48. The summed E-state index contributed by atoms with van der Waals surface area (Å²) in [4.78, 5) is 9.34. The maximum Gasteiger partial charge on any atom is 0.137 e. The van der Waals surface area contributed by atoms with Gasteiger partial charge in [-0.3, -0.25) is 9.55 Å². The van der Waals surface area contributed by atoms with Gasteiger partial charge in [-0.05, 0) is 54.8 Å². The topological polar surface area (TPSA) is 30.7 Å². The zero-order chi connectivity index (χ0) is 21.0. The van der Waals surface area contributed by atoms with Gasteiger partial charge in [0.25, 0.3) is 0 Å².